The van der Waals surface area contributed by atoms with Crippen molar-refractivity contribution in [3.8, 4) is 5.75 Å². The molecule has 3 rings (SSSR count). The van der Waals surface area contributed by atoms with Crippen molar-refractivity contribution in [1.82, 2.24) is 25.8 Å². The SMILES string of the molecule is CC(C)C1C(=O)N[C@H](C)[C@H](NC(=O)c2ccccc2O)C(=O)N[C@@H](Cc2cccnc2)[C@@H](O)[C@@H](C)C(=O)N1C. The summed E-state index contributed by atoms with van der Waals surface area (Å²) < 4.78 is 0. The molecule has 39 heavy (non-hydrogen) atoms. The molecule has 6 atom stereocenters. The monoisotopic (exact) mass is 539 g/mol. The van der Waals surface area contributed by atoms with Crippen LogP contribution in [0.4, 0.5) is 0 Å². The second kappa shape index (κ2) is 12.7. The Morgan fingerprint density at radius 3 is 2.38 bits per heavy atom. The molecule has 0 radical (unpaired) electrons. The summed E-state index contributed by atoms with van der Waals surface area (Å²) >= 11 is 0. The first-order chi connectivity index (χ1) is 18.4. The average molecular weight is 540 g/mol. The number of nitrogens with one attached hydrogen (secondary N) is 3. The first kappa shape index (κ1) is 29.6. The Bertz CT molecular complexity index is 1190. The molecule has 11 heteroatoms. The highest BCUT2D eigenvalue weighted by Gasteiger charge is 2.40. The number of aliphatic hydroxyl groups is 1. The molecule has 0 aliphatic carbocycles. The number of para-hydroxylation sites is 1. The van der Waals surface area contributed by atoms with Crippen LogP contribution in [-0.4, -0.2) is 81.0 Å². The van der Waals surface area contributed by atoms with E-state index in [2.05, 4.69) is 20.9 Å². The number of benzene rings is 1. The molecule has 11 nitrogen and oxygen atoms in total. The van der Waals surface area contributed by atoms with Crippen molar-refractivity contribution in [3.05, 3.63) is 59.9 Å². The largest absolute Gasteiger partial charge is 0.507 e. The Hall–Kier alpha value is -3.99. The number of aromatic hydroxyl groups is 1. The van der Waals surface area contributed by atoms with Crippen LogP contribution in [0, 0.1) is 11.8 Å². The number of carbonyl (C=O) groups is 4. The zero-order valence-electron chi connectivity index (χ0n) is 22.8. The number of aromatic nitrogens is 1. The van der Waals surface area contributed by atoms with Gasteiger partial charge in [0.25, 0.3) is 5.91 Å². The summed E-state index contributed by atoms with van der Waals surface area (Å²) in [6.07, 6.45) is 2.05. The van der Waals surface area contributed by atoms with Gasteiger partial charge in [0.05, 0.1) is 29.7 Å². The van der Waals surface area contributed by atoms with Crippen LogP contribution in [0.3, 0.4) is 0 Å². The Morgan fingerprint density at radius 2 is 1.77 bits per heavy atom. The van der Waals surface area contributed by atoms with Crippen molar-refractivity contribution in [2.24, 2.45) is 11.8 Å². The van der Waals surface area contributed by atoms with Gasteiger partial charge in [0.15, 0.2) is 0 Å². The Balaban J connectivity index is 2.03. The van der Waals surface area contributed by atoms with Crippen LogP contribution < -0.4 is 16.0 Å². The van der Waals surface area contributed by atoms with E-state index in [0.717, 1.165) is 5.56 Å². The standard InChI is InChI=1S/C28H37N5O6/c1-15(2)23-27(38)30-17(4)22(32-25(36)19-10-6-7-11-21(19)34)26(37)31-20(13-18-9-8-12-29-14-18)24(35)16(3)28(39)33(23)5/h6-12,14-17,20,22-24,34-35H,13H2,1-5H3,(H,30,38)(H,31,37)(H,32,36)/t16-,17-,20+,22+,23?,24+/m1/s1. The highest BCUT2D eigenvalue weighted by Crippen LogP contribution is 2.20. The molecule has 1 aromatic carbocycles. The number of hydrogen-bond acceptors (Lipinski definition) is 7. The zero-order valence-corrected chi connectivity index (χ0v) is 22.8. The van der Waals surface area contributed by atoms with Crippen molar-refractivity contribution >= 4 is 23.6 Å². The van der Waals surface area contributed by atoms with Crippen LogP contribution in [0.2, 0.25) is 0 Å². The minimum absolute atomic E-state index is 0.0408. The Morgan fingerprint density at radius 1 is 1.08 bits per heavy atom. The molecule has 2 heterocycles. The summed E-state index contributed by atoms with van der Waals surface area (Å²) in [7, 11) is 1.51. The van der Waals surface area contributed by atoms with E-state index in [9.17, 15) is 29.4 Å². The minimum atomic E-state index is -1.32. The average Bonchev–Trinajstić information content (AvgIpc) is 2.89. The predicted molar refractivity (Wildman–Crippen MR) is 143 cm³/mol. The number of pyridine rings is 1. The molecule has 0 saturated carbocycles. The number of hydrogen-bond donors (Lipinski definition) is 5. The van der Waals surface area contributed by atoms with Crippen LogP contribution in [-0.2, 0) is 20.8 Å². The van der Waals surface area contributed by atoms with Gasteiger partial charge in [-0.2, -0.15) is 0 Å². The highest BCUT2D eigenvalue weighted by atomic mass is 16.3. The predicted octanol–water partition coefficient (Wildman–Crippen LogP) is 0.611. The molecular formula is C28H37N5O6. The summed E-state index contributed by atoms with van der Waals surface area (Å²) in [6, 6.07) is 5.42. The number of likely N-dealkylation sites (N-methyl/N-ethyl adjacent to an activating group) is 1. The van der Waals surface area contributed by atoms with Crippen LogP contribution in [0.1, 0.15) is 43.6 Å². The first-order valence-electron chi connectivity index (χ1n) is 13.0. The second-order valence-corrected chi connectivity index (χ2v) is 10.4. The molecule has 1 saturated heterocycles. The molecule has 0 spiro atoms. The van der Waals surface area contributed by atoms with Crippen LogP contribution >= 0.6 is 0 Å². The van der Waals surface area contributed by atoms with Crippen LogP contribution in [0.5, 0.6) is 5.75 Å². The molecule has 0 bridgehead atoms. The molecule has 4 amide bonds. The van der Waals surface area contributed by atoms with Gasteiger partial charge in [-0.25, -0.2) is 0 Å². The van der Waals surface area contributed by atoms with E-state index in [-0.39, 0.29) is 23.7 Å². The van der Waals surface area contributed by atoms with E-state index in [1.165, 1.54) is 24.1 Å². The van der Waals surface area contributed by atoms with Gasteiger partial charge in [-0.3, -0.25) is 24.2 Å². The molecule has 1 aliphatic rings. The number of nitrogens with zero attached hydrogens (tertiary/aromatic N) is 2. The van der Waals surface area contributed by atoms with E-state index < -0.39 is 59.8 Å². The van der Waals surface area contributed by atoms with E-state index >= 15 is 0 Å². The lowest BCUT2D eigenvalue weighted by atomic mass is 9.90. The van der Waals surface area contributed by atoms with Crippen molar-refractivity contribution in [2.45, 2.75) is 64.4 Å². The maximum absolute atomic E-state index is 13.7. The van der Waals surface area contributed by atoms with Crippen LogP contribution in [0.25, 0.3) is 0 Å². The highest BCUT2D eigenvalue weighted by molar-refractivity contribution is 6.00. The summed E-state index contributed by atoms with van der Waals surface area (Å²) in [5.74, 6) is -3.85. The van der Waals surface area contributed by atoms with Gasteiger partial charge < -0.3 is 31.1 Å². The Kier molecular flexibility index (Phi) is 9.63. The molecule has 1 unspecified atom stereocenters. The fraction of sp³-hybridized carbons (Fsp3) is 0.464. The van der Waals surface area contributed by atoms with E-state index in [1.54, 1.807) is 64.4 Å². The number of amides is 4. The summed E-state index contributed by atoms with van der Waals surface area (Å²) in [5.41, 5.74) is 0.680. The third-order valence-corrected chi connectivity index (χ3v) is 7.07. The first-order valence-corrected chi connectivity index (χ1v) is 13.0. The number of phenolic OH excluding ortho intramolecular Hbond substituents is 1. The third-order valence-electron chi connectivity index (χ3n) is 7.07. The summed E-state index contributed by atoms with van der Waals surface area (Å²) in [6.45, 7) is 6.70. The van der Waals surface area contributed by atoms with E-state index in [1.807, 2.05) is 0 Å². The van der Waals surface area contributed by atoms with Gasteiger partial charge >= 0.3 is 0 Å². The smallest absolute Gasteiger partial charge is 0.255 e. The maximum Gasteiger partial charge on any atom is 0.255 e. The third kappa shape index (κ3) is 6.91. The lowest BCUT2D eigenvalue weighted by molar-refractivity contribution is -0.147. The summed E-state index contributed by atoms with van der Waals surface area (Å²) in [4.78, 5) is 58.8. The Labute approximate surface area is 228 Å². The van der Waals surface area contributed by atoms with Gasteiger partial charge in [0.1, 0.15) is 17.8 Å². The van der Waals surface area contributed by atoms with E-state index in [4.69, 9.17) is 0 Å². The molecule has 210 valence electrons. The number of carbonyl (C=O) groups excluding carboxylic acids is 4. The number of phenols is 1. The molecule has 1 fully saturated rings. The zero-order chi connectivity index (χ0) is 28.9. The molecule has 5 N–H and O–H groups in total. The lowest BCUT2D eigenvalue weighted by Crippen LogP contribution is -2.64. The molecular weight excluding hydrogens is 502 g/mol. The van der Waals surface area contributed by atoms with Crippen molar-refractivity contribution < 1.29 is 29.4 Å². The topological polar surface area (TPSA) is 161 Å². The van der Waals surface area contributed by atoms with Gasteiger partial charge in [0.2, 0.25) is 17.7 Å². The van der Waals surface area contributed by atoms with Crippen molar-refractivity contribution in [2.75, 3.05) is 7.05 Å². The van der Waals surface area contributed by atoms with E-state index in [0.29, 0.717) is 0 Å². The van der Waals surface area contributed by atoms with Gasteiger partial charge in [0, 0.05) is 19.4 Å². The van der Waals surface area contributed by atoms with Crippen LogP contribution in [0.15, 0.2) is 48.8 Å². The molecule has 1 aromatic heterocycles. The van der Waals surface area contributed by atoms with Crippen molar-refractivity contribution in [3.63, 3.8) is 0 Å². The van der Waals surface area contributed by atoms with Gasteiger partial charge in [-0.05, 0) is 43.0 Å². The van der Waals surface area contributed by atoms with Crippen molar-refractivity contribution in [1.29, 1.82) is 0 Å². The number of aliphatic hydroxyl groups excluding tert-OH is 1. The quantitative estimate of drug-likeness (QED) is 0.372. The minimum Gasteiger partial charge on any atom is -0.507 e. The molecule has 1 aliphatic heterocycles. The maximum atomic E-state index is 13.7. The molecule has 2 aromatic rings. The normalized spacial score (nSPS) is 26.7. The van der Waals surface area contributed by atoms with Gasteiger partial charge in [-0.15, -0.1) is 0 Å². The second-order valence-electron chi connectivity index (χ2n) is 10.4. The summed E-state index contributed by atoms with van der Waals surface area (Å²) in [5, 5.41) is 29.7. The number of rotatable bonds is 5. The fourth-order valence-corrected chi connectivity index (χ4v) is 4.88. The lowest BCUT2D eigenvalue weighted by Gasteiger charge is -2.38. The van der Waals surface area contributed by atoms with Gasteiger partial charge in [-0.1, -0.05) is 39.0 Å². The fourth-order valence-electron chi connectivity index (χ4n) is 4.88.